The molecule has 1 aromatic heterocycles. The number of hydrogen-bond donors (Lipinski definition) is 1. The van der Waals surface area contributed by atoms with Gasteiger partial charge >= 0.3 is 0 Å². The van der Waals surface area contributed by atoms with Gasteiger partial charge in [0.2, 0.25) is 16.0 Å². The highest BCUT2D eigenvalue weighted by Crippen LogP contribution is 2.15. The summed E-state index contributed by atoms with van der Waals surface area (Å²) in [6.45, 7) is 4.08. The van der Waals surface area contributed by atoms with Gasteiger partial charge in [0, 0.05) is 19.3 Å². The highest BCUT2D eigenvalue weighted by molar-refractivity contribution is 7.88. The minimum absolute atomic E-state index is 0.0304. The summed E-state index contributed by atoms with van der Waals surface area (Å²) < 4.78 is 27.2. The molecule has 1 aliphatic heterocycles. The molecule has 2 aromatic rings. The van der Waals surface area contributed by atoms with Gasteiger partial charge < -0.3 is 4.90 Å². The van der Waals surface area contributed by atoms with Crippen molar-refractivity contribution in [3.63, 3.8) is 0 Å². The first kappa shape index (κ1) is 17.8. The molecule has 7 heteroatoms. The molecule has 1 aliphatic rings. The molecule has 0 amide bonds. The van der Waals surface area contributed by atoms with Crippen LogP contribution in [0.3, 0.4) is 0 Å². The summed E-state index contributed by atoms with van der Waals surface area (Å²) in [5.74, 6) is 0.659. The van der Waals surface area contributed by atoms with Gasteiger partial charge in [0.15, 0.2) is 0 Å². The Morgan fingerprint density at radius 1 is 1.08 bits per heavy atom. The molecule has 6 nitrogen and oxygen atoms in total. The van der Waals surface area contributed by atoms with E-state index in [-0.39, 0.29) is 12.3 Å². The van der Waals surface area contributed by atoms with Crippen LogP contribution in [0.15, 0.2) is 36.5 Å². The Labute approximate surface area is 149 Å². The normalized spacial score (nSPS) is 15.3. The van der Waals surface area contributed by atoms with E-state index in [1.54, 1.807) is 12.3 Å². The molecular formula is C18H24N4O2S. The second kappa shape index (κ2) is 7.93. The summed E-state index contributed by atoms with van der Waals surface area (Å²) in [5.41, 5.74) is 2.57. The van der Waals surface area contributed by atoms with Gasteiger partial charge in [-0.05, 0) is 37.8 Å². The third kappa shape index (κ3) is 5.24. The van der Waals surface area contributed by atoms with Crippen molar-refractivity contribution in [3.05, 3.63) is 53.3 Å². The number of anilines is 1. The molecule has 0 radical (unpaired) electrons. The van der Waals surface area contributed by atoms with Crippen LogP contribution in [0.1, 0.15) is 36.1 Å². The zero-order valence-electron chi connectivity index (χ0n) is 14.5. The van der Waals surface area contributed by atoms with Gasteiger partial charge in [-0.3, -0.25) is 0 Å². The van der Waals surface area contributed by atoms with Crippen LogP contribution in [0.25, 0.3) is 0 Å². The minimum Gasteiger partial charge on any atom is -0.341 e. The Hall–Kier alpha value is -1.99. The molecular weight excluding hydrogens is 336 g/mol. The van der Waals surface area contributed by atoms with Gasteiger partial charge in [0.05, 0.1) is 18.0 Å². The van der Waals surface area contributed by atoms with E-state index < -0.39 is 10.0 Å². The maximum Gasteiger partial charge on any atom is 0.225 e. The monoisotopic (exact) mass is 360 g/mol. The number of nitrogens with zero attached hydrogens (tertiary/aromatic N) is 3. The molecule has 0 unspecified atom stereocenters. The lowest BCUT2D eigenvalue weighted by molar-refractivity contribution is 0.565. The summed E-state index contributed by atoms with van der Waals surface area (Å²) >= 11 is 0. The van der Waals surface area contributed by atoms with Gasteiger partial charge in [-0.15, -0.1) is 0 Å². The predicted octanol–water partition coefficient (Wildman–Crippen LogP) is 2.39. The van der Waals surface area contributed by atoms with E-state index in [0.29, 0.717) is 11.6 Å². The molecule has 25 heavy (non-hydrogen) atoms. The van der Waals surface area contributed by atoms with Crippen molar-refractivity contribution < 1.29 is 8.42 Å². The Kier molecular flexibility index (Phi) is 5.65. The molecule has 0 spiro atoms. The summed E-state index contributed by atoms with van der Waals surface area (Å²) in [6.07, 6.45) is 5.24. The number of benzene rings is 1. The Morgan fingerprint density at radius 3 is 2.52 bits per heavy atom. The van der Waals surface area contributed by atoms with E-state index in [2.05, 4.69) is 19.6 Å². The Morgan fingerprint density at radius 2 is 1.80 bits per heavy atom. The summed E-state index contributed by atoms with van der Waals surface area (Å²) in [5, 5.41) is 0. The van der Waals surface area contributed by atoms with Gasteiger partial charge in [-0.2, -0.15) is 0 Å². The van der Waals surface area contributed by atoms with Crippen molar-refractivity contribution in [1.29, 1.82) is 0 Å². The van der Waals surface area contributed by atoms with Crippen molar-refractivity contribution >= 4 is 16.0 Å². The smallest absolute Gasteiger partial charge is 0.225 e. The van der Waals surface area contributed by atoms with Crippen molar-refractivity contribution in [2.75, 3.05) is 18.0 Å². The number of hydrogen-bond acceptors (Lipinski definition) is 5. The molecule has 3 rings (SSSR count). The summed E-state index contributed by atoms with van der Waals surface area (Å²) in [4.78, 5) is 11.0. The van der Waals surface area contributed by atoms with Gasteiger partial charge in [0.25, 0.3) is 0 Å². The standard InChI is InChI=1S/C18H24N4O2S/c1-15-5-7-16(8-6-15)14-25(23,24)20-13-17-9-10-19-18(21-17)22-11-3-2-4-12-22/h5-10,20H,2-4,11-14H2,1H3. The van der Waals surface area contributed by atoms with Crippen molar-refractivity contribution in [1.82, 2.24) is 14.7 Å². The molecule has 1 fully saturated rings. The lowest BCUT2D eigenvalue weighted by atomic mass is 10.1. The van der Waals surface area contributed by atoms with Crippen molar-refractivity contribution in [2.24, 2.45) is 0 Å². The zero-order valence-corrected chi connectivity index (χ0v) is 15.3. The van der Waals surface area contributed by atoms with E-state index >= 15 is 0 Å². The molecule has 134 valence electrons. The SMILES string of the molecule is Cc1ccc(CS(=O)(=O)NCc2ccnc(N3CCCCC3)n2)cc1. The maximum absolute atomic E-state index is 12.3. The number of sulfonamides is 1. The van der Waals surface area contributed by atoms with E-state index in [4.69, 9.17) is 0 Å². The summed E-state index contributed by atoms with van der Waals surface area (Å²) in [6, 6.07) is 9.27. The van der Waals surface area contributed by atoms with Crippen LogP contribution in [-0.4, -0.2) is 31.5 Å². The fraction of sp³-hybridized carbons (Fsp3) is 0.444. The second-order valence-corrected chi connectivity index (χ2v) is 8.27. The molecule has 1 N–H and O–H groups in total. The third-order valence-electron chi connectivity index (χ3n) is 4.29. The molecule has 0 saturated carbocycles. The van der Waals surface area contributed by atoms with Crippen molar-refractivity contribution in [2.45, 2.75) is 38.5 Å². The first-order chi connectivity index (χ1) is 12.0. The van der Waals surface area contributed by atoms with Gasteiger partial charge in [-0.1, -0.05) is 29.8 Å². The van der Waals surface area contributed by atoms with Crippen LogP contribution >= 0.6 is 0 Å². The molecule has 0 aliphatic carbocycles. The van der Waals surface area contributed by atoms with Crippen LogP contribution in [-0.2, 0) is 22.3 Å². The first-order valence-corrected chi connectivity index (χ1v) is 10.3. The second-order valence-electron chi connectivity index (χ2n) is 6.46. The predicted molar refractivity (Wildman–Crippen MR) is 98.7 cm³/mol. The average molecular weight is 360 g/mol. The maximum atomic E-state index is 12.3. The van der Waals surface area contributed by atoms with Crippen molar-refractivity contribution in [3.8, 4) is 0 Å². The van der Waals surface area contributed by atoms with Crippen LogP contribution in [0, 0.1) is 6.92 Å². The quantitative estimate of drug-likeness (QED) is 0.856. The lowest BCUT2D eigenvalue weighted by Gasteiger charge is -2.26. The third-order valence-corrected chi connectivity index (χ3v) is 5.59. The fourth-order valence-electron chi connectivity index (χ4n) is 2.87. The van der Waals surface area contributed by atoms with Gasteiger partial charge in [-0.25, -0.2) is 23.1 Å². The van der Waals surface area contributed by atoms with E-state index in [9.17, 15) is 8.42 Å². The lowest BCUT2D eigenvalue weighted by Crippen LogP contribution is -2.31. The first-order valence-electron chi connectivity index (χ1n) is 8.62. The number of aromatic nitrogens is 2. The highest BCUT2D eigenvalue weighted by atomic mass is 32.2. The highest BCUT2D eigenvalue weighted by Gasteiger charge is 2.15. The largest absolute Gasteiger partial charge is 0.341 e. The Bertz CT molecular complexity index is 800. The molecule has 1 aromatic carbocycles. The van der Waals surface area contributed by atoms with E-state index in [0.717, 1.165) is 37.1 Å². The molecule has 0 bridgehead atoms. The topological polar surface area (TPSA) is 75.2 Å². The average Bonchev–Trinajstić information content (AvgIpc) is 2.63. The number of nitrogens with one attached hydrogen (secondary N) is 1. The van der Waals surface area contributed by atoms with Crippen LogP contribution < -0.4 is 9.62 Å². The van der Waals surface area contributed by atoms with E-state index in [1.807, 2.05) is 31.2 Å². The zero-order chi connectivity index (χ0) is 17.7. The number of rotatable bonds is 6. The molecule has 1 saturated heterocycles. The van der Waals surface area contributed by atoms with E-state index in [1.165, 1.54) is 6.42 Å². The number of aryl methyl sites for hydroxylation is 1. The number of piperidine rings is 1. The van der Waals surface area contributed by atoms with Crippen LogP contribution in [0.2, 0.25) is 0 Å². The minimum atomic E-state index is -3.41. The molecule has 2 heterocycles. The fourth-order valence-corrected chi connectivity index (χ4v) is 3.97. The van der Waals surface area contributed by atoms with Crippen LogP contribution in [0.5, 0.6) is 0 Å². The van der Waals surface area contributed by atoms with Gasteiger partial charge in [0.1, 0.15) is 0 Å². The van der Waals surface area contributed by atoms with Crippen LogP contribution in [0.4, 0.5) is 5.95 Å². The Balaban J connectivity index is 1.61. The summed E-state index contributed by atoms with van der Waals surface area (Å²) in [7, 11) is -3.41. The molecule has 0 atom stereocenters.